The summed E-state index contributed by atoms with van der Waals surface area (Å²) in [7, 11) is 0. The predicted molar refractivity (Wildman–Crippen MR) is 164 cm³/mol. The summed E-state index contributed by atoms with van der Waals surface area (Å²) >= 11 is 17.0. The number of hydrogen-bond acceptors (Lipinski definition) is 6. The van der Waals surface area contributed by atoms with Gasteiger partial charge in [-0.1, -0.05) is 102 Å². The lowest BCUT2D eigenvalue weighted by atomic mass is 9.89. The number of hydrogen-bond donors (Lipinski definition) is 2. The van der Waals surface area contributed by atoms with E-state index < -0.39 is 16.0 Å². The van der Waals surface area contributed by atoms with Crippen LogP contribution < -0.4 is 5.32 Å². The smallest absolute Gasteiger partial charge is 0.272 e. The Balaban J connectivity index is 1.38. The van der Waals surface area contributed by atoms with E-state index in [0.29, 0.717) is 0 Å². The Kier molecular flexibility index (Phi) is 10.5. The molecular formula is C32H35Cl3N2O5. The molecule has 10 heteroatoms. The zero-order chi connectivity index (χ0) is 29.7. The number of halogens is 3. The van der Waals surface area contributed by atoms with Crippen molar-refractivity contribution in [3.8, 4) is 11.1 Å². The van der Waals surface area contributed by atoms with Crippen molar-refractivity contribution in [3.05, 3.63) is 95.1 Å². The number of aliphatic hydroxyl groups is 1. The highest BCUT2D eigenvalue weighted by Crippen LogP contribution is 2.42. The fourth-order valence-corrected chi connectivity index (χ4v) is 5.58. The van der Waals surface area contributed by atoms with Gasteiger partial charge in [-0.3, -0.25) is 9.69 Å². The number of carbonyl (C=O) groups is 1. The maximum Gasteiger partial charge on any atom is 0.272 e. The summed E-state index contributed by atoms with van der Waals surface area (Å²) in [6.07, 6.45) is -0.810. The van der Waals surface area contributed by atoms with Crippen LogP contribution in [0, 0.1) is 5.92 Å². The molecule has 2 heterocycles. The molecule has 5 rings (SSSR count). The molecule has 0 bridgehead atoms. The molecule has 3 aromatic carbocycles. The highest BCUT2D eigenvalue weighted by molar-refractivity contribution is 6.76. The second-order valence-corrected chi connectivity index (χ2v) is 13.0. The number of carbonyl (C=O) groups excluding carboxylic acids is 1. The normalized spacial score (nSPS) is 23.5. The number of morpholine rings is 1. The zero-order valence-electron chi connectivity index (χ0n) is 23.3. The molecule has 2 saturated heterocycles. The van der Waals surface area contributed by atoms with Crippen LogP contribution in [0.15, 0.2) is 72.8 Å². The molecule has 2 aliphatic rings. The second kappa shape index (κ2) is 14.1. The van der Waals surface area contributed by atoms with Crippen LogP contribution in [0.1, 0.15) is 41.6 Å². The number of nitrogens with zero attached hydrogens (tertiary/aromatic N) is 1. The molecular weight excluding hydrogens is 599 g/mol. The Morgan fingerprint density at radius 3 is 2.31 bits per heavy atom. The Morgan fingerprint density at radius 1 is 0.929 bits per heavy atom. The van der Waals surface area contributed by atoms with Gasteiger partial charge in [-0.2, -0.15) is 0 Å². The first-order chi connectivity index (χ1) is 20.2. The monoisotopic (exact) mass is 632 g/mol. The van der Waals surface area contributed by atoms with E-state index in [1.807, 2.05) is 66.7 Å². The number of rotatable bonds is 8. The quantitative estimate of drug-likeness (QED) is 0.298. The number of alkyl halides is 3. The molecule has 2 fully saturated rings. The standard InChI is InChI=1S/C32H35Cl3N2O5/c1-21-28(19-37-12-14-40-15-13-37)41-30(42-29(21)24-10-8-22(20-38)9-11-24)27-7-3-6-26(17-27)25-5-2-4-23(16-25)18-36-31(39)32(33,34)35/h2-11,16-17,21,28-30,38H,12-15,18-20H2,1H3,(H,36,39)/t21-,28+,29+,30+/m0/s1. The van der Waals surface area contributed by atoms with Crippen LogP contribution in [0.4, 0.5) is 0 Å². The Bertz CT molecular complexity index is 1340. The van der Waals surface area contributed by atoms with Gasteiger partial charge in [0.1, 0.15) is 0 Å². The summed E-state index contributed by atoms with van der Waals surface area (Å²) in [6.45, 7) is 6.40. The Hall–Kier alpha value is -2.20. The summed E-state index contributed by atoms with van der Waals surface area (Å²) < 4.78 is 16.9. The minimum absolute atomic E-state index is 0.0000171. The molecule has 0 aliphatic carbocycles. The summed E-state index contributed by atoms with van der Waals surface area (Å²) in [6, 6.07) is 23.9. The molecule has 2 N–H and O–H groups in total. The van der Waals surface area contributed by atoms with E-state index in [1.165, 1.54) is 0 Å². The number of nitrogens with one attached hydrogen (secondary N) is 1. The van der Waals surface area contributed by atoms with Crippen LogP contribution >= 0.6 is 34.8 Å². The molecule has 0 aromatic heterocycles. The maximum absolute atomic E-state index is 12.0. The third kappa shape index (κ3) is 7.84. The van der Waals surface area contributed by atoms with Gasteiger partial charge in [-0.25, -0.2) is 0 Å². The fraction of sp³-hybridized carbons (Fsp3) is 0.406. The van der Waals surface area contributed by atoms with Gasteiger partial charge < -0.3 is 24.6 Å². The number of aliphatic hydroxyl groups excluding tert-OH is 1. The average Bonchev–Trinajstić information content (AvgIpc) is 3.01. The zero-order valence-corrected chi connectivity index (χ0v) is 25.6. The van der Waals surface area contributed by atoms with Crippen molar-refractivity contribution in [2.24, 2.45) is 5.92 Å². The first-order valence-corrected chi connectivity index (χ1v) is 15.2. The van der Waals surface area contributed by atoms with E-state index in [1.54, 1.807) is 0 Å². The first kappa shape index (κ1) is 31.2. The minimum Gasteiger partial charge on any atom is -0.392 e. The van der Waals surface area contributed by atoms with Crippen molar-refractivity contribution in [1.82, 2.24) is 10.2 Å². The van der Waals surface area contributed by atoms with Crippen LogP contribution in [0.5, 0.6) is 0 Å². The van der Waals surface area contributed by atoms with Gasteiger partial charge in [0, 0.05) is 37.7 Å². The summed E-state index contributed by atoms with van der Waals surface area (Å²) in [4.78, 5) is 14.4. The molecule has 0 radical (unpaired) electrons. The maximum atomic E-state index is 12.0. The van der Waals surface area contributed by atoms with Crippen LogP contribution in [0.3, 0.4) is 0 Å². The largest absolute Gasteiger partial charge is 0.392 e. The Labute approximate surface area is 261 Å². The van der Waals surface area contributed by atoms with E-state index in [2.05, 4.69) is 23.2 Å². The molecule has 7 nitrogen and oxygen atoms in total. The third-order valence-electron chi connectivity index (χ3n) is 7.79. The summed E-state index contributed by atoms with van der Waals surface area (Å²) in [5.74, 6) is -0.570. The lowest BCUT2D eigenvalue weighted by Gasteiger charge is -2.43. The van der Waals surface area contributed by atoms with E-state index in [4.69, 9.17) is 49.0 Å². The summed E-state index contributed by atoms with van der Waals surface area (Å²) in [5, 5.41) is 12.2. The van der Waals surface area contributed by atoms with Gasteiger partial charge in [0.15, 0.2) is 6.29 Å². The van der Waals surface area contributed by atoms with E-state index in [-0.39, 0.29) is 31.3 Å². The van der Waals surface area contributed by atoms with Gasteiger partial charge in [0.05, 0.1) is 32.0 Å². The molecule has 42 heavy (non-hydrogen) atoms. The molecule has 0 saturated carbocycles. The number of amides is 1. The summed E-state index contributed by atoms with van der Waals surface area (Å²) in [5.41, 5.74) is 5.67. The van der Waals surface area contributed by atoms with Crippen molar-refractivity contribution in [2.75, 3.05) is 32.8 Å². The fourth-order valence-electron chi connectivity index (χ4n) is 5.37. The molecule has 2 aliphatic heterocycles. The third-order valence-corrected chi connectivity index (χ3v) is 8.31. The van der Waals surface area contributed by atoms with Crippen molar-refractivity contribution in [3.63, 3.8) is 0 Å². The first-order valence-electron chi connectivity index (χ1n) is 14.1. The minimum atomic E-state index is -2.01. The highest BCUT2D eigenvalue weighted by Gasteiger charge is 2.39. The molecule has 0 unspecified atom stereocenters. The van der Waals surface area contributed by atoms with Crippen LogP contribution in [0.2, 0.25) is 0 Å². The average molecular weight is 634 g/mol. The van der Waals surface area contributed by atoms with Crippen molar-refractivity contribution in [2.45, 2.75) is 42.4 Å². The van der Waals surface area contributed by atoms with Gasteiger partial charge in [-0.15, -0.1) is 0 Å². The van der Waals surface area contributed by atoms with Gasteiger partial charge in [0.2, 0.25) is 0 Å². The molecule has 4 atom stereocenters. The van der Waals surface area contributed by atoms with E-state index >= 15 is 0 Å². The Morgan fingerprint density at radius 2 is 1.62 bits per heavy atom. The molecule has 3 aromatic rings. The van der Waals surface area contributed by atoms with Crippen molar-refractivity contribution in [1.29, 1.82) is 0 Å². The lowest BCUT2D eigenvalue weighted by Crippen LogP contribution is -2.47. The molecule has 1 amide bonds. The van der Waals surface area contributed by atoms with Gasteiger partial charge >= 0.3 is 0 Å². The van der Waals surface area contributed by atoms with Crippen molar-refractivity contribution >= 4 is 40.7 Å². The second-order valence-electron chi connectivity index (χ2n) is 10.7. The number of benzene rings is 3. The lowest BCUT2D eigenvalue weighted by molar-refractivity contribution is -0.277. The number of ether oxygens (including phenoxy) is 3. The molecule has 224 valence electrons. The van der Waals surface area contributed by atoms with E-state index in [9.17, 15) is 9.90 Å². The van der Waals surface area contributed by atoms with Crippen LogP contribution in [-0.2, 0) is 32.2 Å². The van der Waals surface area contributed by atoms with Crippen molar-refractivity contribution < 1.29 is 24.1 Å². The van der Waals surface area contributed by atoms with Gasteiger partial charge in [0.25, 0.3) is 9.70 Å². The molecule has 0 spiro atoms. The SMILES string of the molecule is C[C@H]1[C@@H](CN2CCOCC2)O[C@@H](c2cccc(-c3cccc(CNC(=O)C(Cl)(Cl)Cl)c3)c2)O[C@H]1c1ccc(CO)cc1. The van der Waals surface area contributed by atoms with Gasteiger partial charge in [-0.05, 0) is 39.9 Å². The van der Waals surface area contributed by atoms with Crippen LogP contribution in [-0.4, -0.2) is 58.7 Å². The van der Waals surface area contributed by atoms with E-state index in [0.717, 1.165) is 66.2 Å². The highest BCUT2D eigenvalue weighted by atomic mass is 35.6. The topological polar surface area (TPSA) is 80.3 Å². The predicted octanol–water partition coefficient (Wildman–Crippen LogP) is 5.96. The van der Waals surface area contributed by atoms with Crippen LogP contribution in [0.25, 0.3) is 11.1 Å².